The van der Waals surface area contributed by atoms with Crippen LogP contribution in [0.5, 0.6) is 0 Å². The number of hydrogen-bond acceptors (Lipinski definition) is 3. The molecule has 3 aromatic rings. The van der Waals surface area contributed by atoms with Crippen LogP contribution in [0.15, 0.2) is 72.8 Å². The summed E-state index contributed by atoms with van der Waals surface area (Å²) in [4.78, 5) is 15.9. The Morgan fingerprint density at radius 2 is 1.73 bits per heavy atom. The number of benzene rings is 2. The molecular formula is C29H32N2O2. The molecule has 0 amide bonds. The Kier molecular flexibility index (Phi) is 5.29. The van der Waals surface area contributed by atoms with Crippen molar-refractivity contribution in [3.8, 4) is 0 Å². The quantitative estimate of drug-likeness (QED) is 0.442. The molecule has 2 atom stereocenters. The van der Waals surface area contributed by atoms with Crippen LogP contribution in [0.1, 0.15) is 54.4 Å². The second-order valence-electron chi connectivity index (χ2n) is 8.93. The van der Waals surface area contributed by atoms with Gasteiger partial charge in [-0.05, 0) is 45.5 Å². The lowest BCUT2D eigenvalue weighted by Gasteiger charge is -2.52. The van der Waals surface area contributed by atoms with Crippen molar-refractivity contribution in [2.45, 2.75) is 51.8 Å². The molecule has 1 aliphatic heterocycles. The highest BCUT2D eigenvalue weighted by atomic mass is 16.6. The molecule has 2 unspecified atom stereocenters. The minimum Gasteiger partial charge on any atom is -0.443 e. The van der Waals surface area contributed by atoms with E-state index in [2.05, 4.69) is 91.8 Å². The summed E-state index contributed by atoms with van der Waals surface area (Å²) in [5.74, 6) is -0.243. The zero-order valence-electron chi connectivity index (χ0n) is 20.0. The van der Waals surface area contributed by atoms with Crippen molar-refractivity contribution in [1.82, 2.24) is 9.47 Å². The second kappa shape index (κ2) is 8.03. The highest BCUT2D eigenvalue weighted by Crippen LogP contribution is 2.56. The summed E-state index contributed by atoms with van der Waals surface area (Å²) in [6, 6.07) is 16.5. The zero-order chi connectivity index (χ0) is 23.2. The van der Waals surface area contributed by atoms with Crippen LogP contribution < -0.4 is 0 Å². The molecule has 0 N–H and O–H groups in total. The number of cyclic esters (lactones) is 1. The number of carbonyl (C=O) groups excluding carboxylic acids is 1. The fourth-order valence-electron chi connectivity index (χ4n) is 6.34. The number of likely N-dealkylation sites (N-methyl/N-ethyl adjacent to an activating group) is 1. The Hall–Kier alpha value is -3.11. The maximum absolute atomic E-state index is 13.5. The third-order valence-corrected chi connectivity index (χ3v) is 7.66. The van der Waals surface area contributed by atoms with Gasteiger partial charge in [0.1, 0.15) is 0 Å². The molecule has 1 aromatic heterocycles. The van der Waals surface area contributed by atoms with Gasteiger partial charge in [0.15, 0.2) is 5.60 Å². The fraction of sp³-hybridized carbons (Fsp3) is 0.345. The van der Waals surface area contributed by atoms with Crippen LogP contribution >= 0.6 is 0 Å². The Bertz CT molecular complexity index is 1280. The van der Waals surface area contributed by atoms with Gasteiger partial charge in [-0.3, -0.25) is 4.90 Å². The topological polar surface area (TPSA) is 34.5 Å². The highest BCUT2D eigenvalue weighted by Gasteiger charge is 2.63. The van der Waals surface area contributed by atoms with E-state index < -0.39 is 11.1 Å². The molecular weight excluding hydrogens is 408 g/mol. The van der Waals surface area contributed by atoms with Gasteiger partial charge in [-0.15, -0.1) is 0 Å². The van der Waals surface area contributed by atoms with E-state index in [-0.39, 0.29) is 5.97 Å². The van der Waals surface area contributed by atoms with Gasteiger partial charge in [-0.25, -0.2) is 4.79 Å². The van der Waals surface area contributed by atoms with Crippen LogP contribution in [0.4, 0.5) is 0 Å². The van der Waals surface area contributed by atoms with Gasteiger partial charge in [-0.1, -0.05) is 74.5 Å². The van der Waals surface area contributed by atoms with E-state index in [1.165, 1.54) is 5.52 Å². The molecule has 4 heteroatoms. The molecule has 0 saturated heterocycles. The van der Waals surface area contributed by atoms with E-state index in [4.69, 9.17) is 4.74 Å². The number of rotatable bonds is 6. The zero-order valence-corrected chi connectivity index (χ0v) is 20.0. The summed E-state index contributed by atoms with van der Waals surface area (Å²) >= 11 is 0. The van der Waals surface area contributed by atoms with Crippen LogP contribution in [-0.2, 0) is 16.9 Å². The van der Waals surface area contributed by atoms with Crippen LogP contribution in [0.3, 0.4) is 0 Å². The Labute approximate surface area is 196 Å². The van der Waals surface area contributed by atoms with Crippen molar-refractivity contribution in [2.24, 2.45) is 0 Å². The monoisotopic (exact) mass is 440 g/mol. The minimum atomic E-state index is -0.960. The van der Waals surface area contributed by atoms with Crippen molar-refractivity contribution < 1.29 is 9.53 Å². The number of para-hydroxylation sites is 1. The average molecular weight is 441 g/mol. The summed E-state index contributed by atoms with van der Waals surface area (Å²) in [6.07, 6.45) is 9.46. The lowest BCUT2D eigenvalue weighted by molar-refractivity contribution is -0.0698. The number of nitrogens with zero attached hydrogens (tertiary/aromatic N) is 2. The Balaban J connectivity index is 1.98. The molecule has 1 aliphatic carbocycles. The first-order valence-electron chi connectivity index (χ1n) is 12.1. The molecule has 2 heterocycles. The van der Waals surface area contributed by atoms with Gasteiger partial charge in [0.05, 0.1) is 11.1 Å². The van der Waals surface area contributed by atoms with Gasteiger partial charge in [0.2, 0.25) is 0 Å². The van der Waals surface area contributed by atoms with Crippen LogP contribution in [0.25, 0.3) is 10.9 Å². The highest BCUT2D eigenvalue weighted by molar-refractivity contribution is 5.98. The Morgan fingerprint density at radius 3 is 2.42 bits per heavy atom. The number of allylic oxidation sites excluding steroid dienone is 2. The van der Waals surface area contributed by atoms with E-state index in [1.54, 1.807) is 0 Å². The van der Waals surface area contributed by atoms with Crippen LogP contribution in [-0.4, -0.2) is 34.1 Å². The molecule has 0 bridgehead atoms. The first kappa shape index (κ1) is 21.7. The van der Waals surface area contributed by atoms with Gasteiger partial charge in [0, 0.05) is 34.3 Å². The molecule has 0 saturated carbocycles. The number of hydrogen-bond donors (Lipinski definition) is 0. The van der Waals surface area contributed by atoms with Crippen molar-refractivity contribution in [1.29, 1.82) is 0 Å². The predicted molar refractivity (Wildman–Crippen MR) is 134 cm³/mol. The number of aryl methyl sites for hydroxylation is 1. The Morgan fingerprint density at radius 1 is 1.00 bits per heavy atom. The number of fused-ring (bicyclic) bond motifs is 2. The standard InChI is InChI=1S/C29H32N2O2/c1-5-30(6-2)28(19-13-8-14-20-28)29(24-17-11-9-15-22(24)27(32)33-29)26-21(4)31(7-3)25-18-12-10-16-23(25)26/h8-19H,5-7,20H2,1-4H3. The molecule has 4 nitrogen and oxygen atoms in total. The number of carbonyl (C=O) groups is 1. The number of esters is 1. The first-order chi connectivity index (χ1) is 16.1. The summed E-state index contributed by atoms with van der Waals surface area (Å²) in [7, 11) is 0. The molecule has 170 valence electrons. The second-order valence-corrected chi connectivity index (χ2v) is 8.93. The van der Waals surface area contributed by atoms with Gasteiger partial charge in [-0.2, -0.15) is 0 Å². The molecule has 2 aromatic carbocycles. The molecule has 0 spiro atoms. The van der Waals surface area contributed by atoms with Crippen molar-refractivity contribution in [3.05, 3.63) is 95.2 Å². The van der Waals surface area contributed by atoms with Gasteiger partial charge in [0.25, 0.3) is 0 Å². The van der Waals surface area contributed by atoms with Crippen molar-refractivity contribution in [2.75, 3.05) is 13.1 Å². The van der Waals surface area contributed by atoms with E-state index in [1.807, 2.05) is 18.2 Å². The number of ether oxygens (including phenoxy) is 1. The van der Waals surface area contributed by atoms with E-state index in [9.17, 15) is 4.79 Å². The van der Waals surface area contributed by atoms with Gasteiger partial charge < -0.3 is 9.30 Å². The maximum atomic E-state index is 13.5. The molecule has 0 radical (unpaired) electrons. The van der Waals surface area contributed by atoms with Crippen LogP contribution in [0, 0.1) is 6.92 Å². The number of aromatic nitrogens is 1. The van der Waals surface area contributed by atoms with Crippen molar-refractivity contribution >= 4 is 16.9 Å². The summed E-state index contributed by atoms with van der Waals surface area (Å²) in [5.41, 5.74) is 3.56. The van der Waals surface area contributed by atoms with E-state index in [0.717, 1.165) is 48.3 Å². The maximum Gasteiger partial charge on any atom is 0.339 e. The predicted octanol–water partition coefficient (Wildman–Crippen LogP) is 5.98. The fourth-order valence-corrected chi connectivity index (χ4v) is 6.34. The lowest BCUT2D eigenvalue weighted by atomic mass is 9.65. The average Bonchev–Trinajstić information content (AvgIpc) is 3.31. The largest absolute Gasteiger partial charge is 0.443 e. The molecule has 2 aliphatic rings. The third kappa shape index (κ3) is 2.77. The third-order valence-electron chi connectivity index (χ3n) is 7.66. The normalized spacial score (nSPS) is 24.0. The smallest absolute Gasteiger partial charge is 0.339 e. The molecule has 0 fully saturated rings. The SMILES string of the molecule is CCN(CC)C1(C2(c3c(C)n(CC)c4ccccc34)OC(=O)c3ccccc32)C=CC=CC1. The van der Waals surface area contributed by atoms with Crippen molar-refractivity contribution in [3.63, 3.8) is 0 Å². The lowest BCUT2D eigenvalue weighted by Crippen LogP contribution is -2.62. The molecule has 5 rings (SSSR count). The summed E-state index contributed by atoms with van der Waals surface area (Å²) < 4.78 is 9.05. The van der Waals surface area contributed by atoms with E-state index >= 15 is 0 Å². The molecule has 33 heavy (non-hydrogen) atoms. The van der Waals surface area contributed by atoms with Crippen LogP contribution in [0.2, 0.25) is 0 Å². The summed E-state index contributed by atoms with van der Waals surface area (Å²) in [6.45, 7) is 11.3. The minimum absolute atomic E-state index is 0.243. The van der Waals surface area contributed by atoms with Gasteiger partial charge >= 0.3 is 5.97 Å². The first-order valence-corrected chi connectivity index (χ1v) is 12.1. The summed E-state index contributed by atoms with van der Waals surface area (Å²) in [5, 5.41) is 1.15. The van der Waals surface area contributed by atoms with E-state index in [0.29, 0.717) is 5.56 Å².